The summed E-state index contributed by atoms with van der Waals surface area (Å²) in [6.07, 6.45) is 5.36. The zero-order chi connectivity index (χ0) is 13.9. The first-order valence-electron chi connectivity index (χ1n) is 7.60. The molecular formula is C16H30N2S. The highest BCUT2D eigenvalue weighted by molar-refractivity contribution is 7.09. The van der Waals surface area contributed by atoms with Gasteiger partial charge in [-0.1, -0.05) is 32.8 Å². The first kappa shape index (κ1) is 16.7. The largest absolute Gasteiger partial charge is 0.316 e. The molecule has 0 unspecified atom stereocenters. The molecule has 0 aromatic carbocycles. The van der Waals surface area contributed by atoms with Crippen molar-refractivity contribution in [3.8, 4) is 0 Å². The Bertz CT molecular complexity index is 296. The van der Waals surface area contributed by atoms with E-state index in [1.807, 2.05) is 11.3 Å². The minimum atomic E-state index is 0.769. The molecule has 0 atom stereocenters. The fraction of sp³-hybridized carbons (Fsp3) is 0.750. The lowest BCUT2D eigenvalue weighted by Gasteiger charge is -2.15. The predicted molar refractivity (Wildman–Crippen MR) is 86.8 cm³/mol. The number of thiophene rings is 1. The Labute approximate surface area is 123 Å². The second-order valence-corrected chi connectivity index (χ2v) is 6.86. The van der Waals surface area contributed by atoms with Crippen molar-refractivity contribution in [2.75, 3.05) is 26.7 Å². The van der Waals surface area contributed by atoms with Gasteiger partial charge in [-0.05, 0) is 56.9 Å². The Morgan fingerprint density at radius 1 is 1.21 bits per heavy atom. The lowest BCUT2D eigenvalue weighted by molar-refractivity contribution is 0.319. The standard InChI is InChI=1S/C16H30N2S/c1-15(2)13-17-10-6-4-5-7-11-18(3)14-16-9-8-12-19-16/h8-9,12,15,17H,4-7,10-11,13-14H2,1-3H3. The van der Waals surface area contributed by atoms with Crippen molar-refractivity contribution >= 4 is 11.3 Å². The van der Waals surface area contributed by atoms with E-state index in [2.05, 4.69) is 48.6 Å². The molecule has 1 heterocycles. The third kappa shape index (κ3) is 9.20. The Balaban J connectivity index is 1.87. The van der Waals surface area contributed by atoms with Crippen molar-refractivity contribution in [2.24, 2.45) is 5.92 Å². The molecular weight excluding hydrogens is 252 g/mol. The van der Waals surface area contributed by atoms with Gasteiger partial charge in [0.15, 0.2) is 0 Å². The summed E-state index contributed by atoms with van der Waals surface area (Å²) in [6, 6.07) is 4.36. The summed E-state index contributed by atoms with van der Waals surface area (Å²) in [5.41, 5.74) is 0. The molecule has 2 nitrogen and oxygen atoms in total. The van der Waals surface area contributed by atoms with Crippen molar-refractivity contribution in [1.29, 1.82) is 0 Å². The fourth-order valence-corrected chi connectivity index (χ4v) is 2.91. The molecule has 0 aliphatic carbocycles. The summed E-state index contributed by atoms with van der Waals surface area (Å²) >= 11 is 1.86. The van der Waals surface area contributed by atoms with Crippen LogP contribution in [0.5, 0.6) is 0 Å². The second kappa shape index (κ2) is 10.4. The average Bonchev–Trinajstić information content (AvgIpc) is 2.85. The normalized spacial score (nSPS) is 11.6. The summed E-state index contributed by atoms with van der Waals surface area (Å²) in [5, 5.41) is 5.67. The second-order valence-electron chi connectivity index (χ2n) is 5.83. The molecule has 0 aliphatic rings. The quantitative estimate of drug-likeness (QED) is 0.617. The number of hydrogen-bond donors (Lipinski definition) is 1. The van der Waals surface area contributed by atoms with Crippen LogP contribution in [0.3, 0.4) is 0 Å². The van der Waals surface area contributed by atoms with E-state index in [4.69, 9.17) is 0 Å². The summed E-state index contributed by atoms with van der Waals surface area (Å²) in [6.45, 7) is 9.19. The molecule has 0 bridgehead atoms. The average molecular weight is 282 g/mol. The molecule has 110 valence electrons. The van der Waals surface area contributed by atoms with E-state index in [0.29, 0.717) is 0 Å². The summed E-state index contributed by atoms with van der Waals surface area (Å²) < 4.78 is 0. The Hall–Kier alpha value is -0.380. The van der Waals surface area contributed by atoms with E-state index in [9.17, 15) is 0 Å². The van der Waals surface area contributed by atoms with Crippen LogP contribution < -0.4 is 5.32 Å². The molecule has 0 radical (unpaired) electrons. The molecule has 0 saturated heterocycles. The van der Waals surface area contributed by atoms with Crippen LogP contribution in [0.15, 0.2) is 17.5 Å². The van der Waals surface area contributed by atoms with Crippen molar-refractivity contribution in [1.82, 2.24) is 10.2 Å². The number of nitrogens with zero attached hydrogens (tertiary/aromatic N) is 1. The van der Waals surface area contributed by atoms with E-state index in [-0.39, 0.29) is 0 Å². The minimum Gasteiger partial charge on any atom is -0.316 e. The highest BCUT2D eigenvalue weighted by Gasteiger charge is 2.00. The molecule has 1 aromatic rings. The molecule has 0 saturated carbocycles. The van der Waals surface area contributed by atoms with Gasteiger partial charge in [-0.25, -0.2) is 0 Å². The van der Waals surface area contributed by atoms with Gasteiger partial charge < -0.3 is 10.2 Å². The molecule has 0 amide bonds. The Morgan fingerprint density at radius 3 is 2.68 bits per heavy atom. The number of hydrogen-bond acceptors (Lipinski definition) is 3. The molecule has 0 spiro atoms. The molecule has 3 heteroatoms. The lowest BCUT2D eigenvalue weighted by atomic mass is 10.2. The van der Waals surface area contributed by atoms with E-state index < -0.39 is 0 Å². The molecule has 19 heavy (non-hydrogen) atoms. The first-order chi connectivity index (χ1) is 9.18. The fourth-order valence-electron chi connectivity index (χ4n) is 2.12. The summed E-state index contributed by atoms with van der Waals surface area (Å²) in [4.78, 5) is 3.91. The van der Waals surface area contributed by atoms with Crippen molar-refractivity contribution in [2.45, 2.75) is 46.1 Å². The predicted octanol–water partition coefficient (Wildman–Crippen LogP) is 3.99. The van der Waals surface area contributed by atoms with Gasteiger partial charge in [-0.2, -0.15) is 0 Å². The van der Waals surface area contributed by atoms with Crippen LogP contribution in [-0.4, -0.2) is 31.6 Å². The van der Waals surface area contributed by atoms with Gasteiger partial charge in [0.2, 0.25) is 0 Å². The van der Waals surface area contributed by atoms with Crippen LogP contribution in [-0.2, 0) is 6.54 Å². The summed E-state index contributed by atoms with van der Waals surface area (Å²) in [5.74, 6) is 0.769. The van der Waals surface area contributed by atoms with Gasteiger partial charge >= 0.3 is 0 Å². The van der Waals surface area contributed by atoms with Gasteiger partial charge in [0.25, 0.3) is 0 Å². The monoisotopic (exact) mass is 282 g/mol. The number of rotatable bonds is 11. The SMILES string of the molecule is CC(C)CNCCCCCCN(C)Cc1cccs1. The van der Waals surface area contributed by atoms with E-state index in [0.717, 1.165) is 19.0 Å². The van der Waals surface area contributed by atoms with E-state index in [1.54, 1.807) is 0 Å². The van der Waals surface area contributed by atoms with Crippen LogP contribution in [0.2, 0.25) is 0 Å². The van der Waals surface area contributed by atoms with E-state index in [1.165, 1.54) is 43.6 Å². The Morgan fingerprint density at radius 2 is 2.00 bits per heavy atom. The first-order valence-corrected chi connectivity index (χ1v) is 8.48. The van der Waals surface area contributed by atoms with Gasteiger partial charge in [0.05, 0.1) is 0 Å². The van der Waals surface area contributed by atoms with Crippen LogP contribution in [0.1, 0.15) is 44.4 Å². The van der Waals surface area contributed by atoms with Crippen molar-refractivity contribution in [3.05, 3.63) is 22.4 Å². The van der Waals surface area contributed by atoms with Crippen molar-refractivity contribution in [3.63, 3.8) is 0 Å². The third-order valence-electron chi connectivity index (χ3n) is 3.20. The van der Waals surface area contributed by atoms with Gasteiger partial charge in [0, 0.05) is 11.4 Å². The van der Waals surface area contributed by atoms with Gasteiger partial charge in [-0.15, -0.1) is 11.3 Å². The maximum absolute atomic E-state index is 3.51. The van der Waals surface area contributed by atoms with Crippen LogP contribution in [0.25, 0.3) is 0 Å². The molecule has 1 rings (SSSR count). The van der Waals surface area contributed by atoms with Crippen LogP contribution in [0.4, 0.5) is 0 Å². The van der Waals surface area contributed by atoms with Crippen molar-refractivity contribution < 1.29 is 0 Å². The van der Waals surface area contributed by atoms with Gasteiger partial charge in [0.1, 0.15) is 0 Å². The lowest BCUT2D eigenvalue weighted by Crippen LogP contribution is -2.21. The topological polar surface area (TPSA) is 15.3 Å². The molecule has 0 fully saturated rings. The molecule has 1 aromatic heterocycles. The zero-order valence-electron chi connectivity index (χ0n) is 12.8. The molecule has 1 N–H and O–H groups in total. The third-order valence-corrected chi connectivity index (χ3v) is 4.06. The summed E-state index contributed by atoms with van der Waals surface area (Å²) in [7, 11) is 2.23. The zero-order valence-corrected chi connectivity index (χ0v) is 13.6. The molecule has 0 aliphatic heterocycles. The van der Waals surface area contributed by atoms with E-state index >= 15 is 0 Å². The van der Waals surface area contributed by atoms with Gasteiger partial charge in [-0.3, -0.25) is 0 Å². The minimum absolute atomic E-state index is 0.769. The maximum atomic E-state index is 3.51. The van der Waals surface area contributed by atoms with Crippen LogP contribution >= 0.6 is 11.3 Å². The maximum Gasteiger partial charge on any atom is 0.0324 e. The Kier molecular flexibility index (Phi) is 9.14. The highest BCUT2D eigenvalue weighted by Crippen LogP contribution is 2.11. The number of nitrogens with one attached hydrogen (secondary N) is 1. The number of unbranched alkanes of at least 4 members (excludes halogenated alkanes) is 3. The smallest absolute Gasteiger partial charge is 0.0324 e. The van der Waals surface area contributed by atoms with Crippen LogP contribution in [0, 0.1) is 5.92 Å². The highest BCUT2D eigenvalue weighted by atomic mass is 32.1.